The van der Waals surface area contributed by atoms with E-state index in [2.05, 4.69) is 10.6 Å². The van der Waals surface area contributed by atoms with Crippen LogP contribution in [0.15, 0.2) is 24.3 Å². The first-order chi connectivity index (χ1) is 18.1. The molecular formula is C30H45N3O6. The van der Waals surface area contributed by atoms with E-state index in [1.54, 1.807) is 24.3 Å². The molecule has 1 fully saturated rings. The van der Waals surface area contributed by atoms with E-state index in [1.165, 1.54) is 4.90 Å². The maximum absolute atomic E-state index is 13.2. The van der Waals surface area contributed by atoms with Crippen molar-refractivity contribution < 1.29 is 28.7 Å². The Balaban J connectivity index is 1.78. The average molecular weight is 544 g/mol. The minimum absolute atomic E-state index is 0.0681. The molecule has 1 heterocycles. The van der Waals surface area contributed by atoms with Crippen LogP contribution in [0.25, 0.3) is 0 Å². The number of imide groups is 1. The van der Waals surface area contributed by atoms with Crippen molar-refractivity contribution in [3.63, 3.8) is 0 Å². The number of rotatable bonds is 10. The van der Waals surface area contributed by atoms with Gasteiger partial charge >= 0.3 is 12.2 Å². The van der Waals surface area contributed by atoms with Crippen LogP contribution in [0.1, 0.15) is 108 Å². The molecule has 0 saturated heterocycles. The summed E-state index contributed by atoms with van der Waals surface area (Å²) >= 11 is 0. The quantitative estimate of drug-likeness (QED) is 0.367. The van der Waals surface area contributed by atoms with E-state index in [0.29, 0.717) is 30.5 Å². The highest BCUT2D eigenvalue weighted by Crippen LogP contribution is 2.49. The first-order valence-corrected chi connectivity index (χ1v) is 14.0. The lowest BCUT2D eigenvalue weighted by atomic mass is 9.61. The van der Waals surface area contributed by atoms with Crippen LogP contribution in [0.4, 0.5) is 9.59 Å². The minimum atomic E-state index is -0.650. The van der Waals surface area contributed by atoms with Gasteiger partial charge in [-0.05, 0) is 97.1 Å². The molecule has 0 spiro atoms. The smallest absolute Gasteiger partial charge is 0.407 e. The van der Waals surface area contributed by atoms with Crippen LogP contribution in [0.2, 0.25) is 0 Å². The minimum Gasteiger partial charge on any atom is -0.444 e. The molecular weight excluding hydrogens is 498 g/mol. The van der Waals surface area contributed by atoms with Gasteiger partial charge < -0.3 is 20.1 Å². The number of carbonyl (C=O) groups is 4. The molecule has 0 radical (unpaired) electrons. The fourth-order valence-electron chi connectivity index (χ4n) is 5.52. The standard InChI is InChI=1S/C30H45N3O6/c1-8-23(32-27(37)39-29(5,6)7)20(19-33-24(34)21-12-9-10-13-22(21)25(33)35)18-30(14-11-15-30)16-17-31-26(36)38-28(2,3)4/h9-10,12-13,20,23H,8,11,14-19H2,1-7H3,(H,31,36)(H,32,37)/t20?,23-/m1/s1. The van der Waals surface area contributed by atoms with Gasteiger partial charge in [-0.2, -0.15) is 0 Å². The van der Waals surface area contributed by atoms with Gasteiger partial charge in [-0.25, -0.2) is 9.59 Å². The second-order valence-corrected chi connectivity index (χ2v) is 12.9. The Labute approximate surface area is 232 Å². The molecule has 1 aromatic rings. The third kappa shape index (κ3) is 8.19. The highest BCUT2D eigenvalue weighted by molar-refractivity contribution is 6.21. The highest BCUT2D eigenvalue weighted by atomic mass is 16.6. The SMILES string of the molecule is CC[C@@H](NC(=O)OC(C)(C)C)C(CN1C(=O)c2ccccc2C1=O)CC1(CCNC(=O)OC(C)(C)C)CCC1. The second-order valence-electron chi connectivity index (χ2n) is 12.9. The van der Waals surface area contributed by atoms with Gasteiger partial charge in [0.05, 0.1) is 11.1 Å². The predicted molar refractivity (Wildman–Crippen MR) is 149 cm³/mol. The van der Waals surface area contributed by atoms with Crippen molar-refractivity contribution in [2.24, 2.45) is 11.3 Å². The van der Waals surface area contributed by atoms with Crippen molar-refractivity contribution in [1.82, 2.24) is 15.5 Å². The first-order valence-electron chi connectivity index (χ1n) is 14.0. The molecule has 2 atom stereocenters. The van der Waals surface area contributed by atoms with Crippen LogP contribution in [-0.4, -0.2) is 59.2 Å². The Morgan fingerprint density at radius 2 is 1.49 bits per heavy atom. The summed E-state index contributed by atoms with van der Waals surface area (Å²) in [7, 11) is 0. The highest BCUT2D eigenvalue weighted by Gasteiger charge is 2.44. The van der Waals surface area contributed by atoms with Crippen LogP contribution in [0, 0.1) is 11.3 Å². The van der Waals surface area contributed by atoms with Crippen LogP contribution < -0.4 is 10.6 Å². The Hall–Kier alpha value is -3.10. The molecule has 216 valence electrons. The summed E-state index contributed by atoms with van der Waals surface area (Å²) in [5.41, 5.74) is -0.467. The second kappa shape index (κ2) is 12.0. The van der Waals surface area contributed by atoms with E-state index in [-0.39, 0.29) is 35.7 Å². The summed E-state index contributed by atoms with van der Waals surface area (Å²) in [5.74, 6) is -0.796. The van der Waals surface area contributed by atoms with Crippen molar-refractivity contribution in [1.29, 1.82) is 0 Å². The van der Waals surface area contributed by atoms with Gasteiger partial charge in [-0.15, -0.1) is 0 Å². The van der Waals surface area contributed by atoms with Gasteiger partial charge in [0.25, 0.3) is 11.8 Å². The number of amides is 4. The van der Waals surface area contributed by atoms with Gasteiger partial charge in [-0.1, -0.05) is 25.5 Å². The molecule has 1 aromatic carbocycles. The molecule has 2 aliphatic rings. The predicted octanol–water partition coefficient (Wildman–Crippen LogP) is 5.68. The van der Waals surface area contributed by atoms with E-state index in [0.717, 1.165) is 25.7 Å². The van der Waals surface area contributed by atoms with Crippen molar-refractivity contribution in [2.45, 2.75) is 104 Å². The number of alkyl carbamates (subject to hydrolysis) is 2. The van der Waals surface area contributed by atoms with Crippen molar-refractivity contribution in [2.75, 3.05) is 13.1 Å². The number of carbonyl (C=O) groups excluding carboxylic acids is 4. The molecule has 0 aromatic heterocycles. The molecule has 2 N–H and O–H groups in total. The summed E-state index contributed by atoms with van der Waals surface area (Å²) in [5, 5.41) is 5.89. The molecule has 39 heavy (non-hydrogen) atoms. The fraction of sp³-hybridized carbons (Fsp3) is 0.667. The van der Waals surface area contributed by atoms with Gasteiger partial charge in [-0.3, -0.25) is 14.5 Å². The summed E-state index contributed by atoms with van der Waals surface area (Å²) in [6, 6.07) is 6.56. The molecule has 1 unspecified atom stereocenters. The van der Waals surface area contributed by atoms with E-state index < -0.39 is 23.4 Å². The number of hydrogen-bond acceptors (Lipinski definition) is 6. The molecule has 9 nitrogen and oxygen atoms in total. The largest absolute Gasteiger partial charge is 0.444 e. The molecule has 3 rings (SSSR count). The van der Waals surface area contributed by atoms with E-state index in [4.69, 9.17) is 9.47 Å². The Morgan fingerprint density at radius 1 is 0.949 bits per heavy atom. The van der Waals surface area contributed by atoms with Crippen LogP contribution >= 0.6 is 0 Å². The maximum atomic E-state index is 13.2. The maximum Gasteiger partial charge on any atom is 0.407 e. The van der Waals surface area contributed by atoms with Crippen LogP contribution in [0.5, 0.6) is 0 Å². The molecule has 1 aliphatic heterocycles. The number of benzene rings is 1. The van der Waals surface area contributed by atoms with Gasteiger partial charge in [0.15, 0.2) is 0 Å². The Bertz CT molecular complexity index is 1030. The molecule has 9 heteroatoms. The van der Waals surface area contributed by atoms with E-state index >= 15 is 0 Å². The average Bonchev–Trinajstić information content (AvgIpc) is 3.03. The van der Waals surface area contributed by atoms with Gasteiger partial charge in [0.2, 0.25) is 0 Å². The number of fused-ring (bicyclic) bond motifs is 1. The zero-order valence-corrected chi connectivity index (χ0v) is 24.5. The Morgan fingerprint density at radius 3 is 1.95 bits per heavy atom. The zero-order valence-electron chi connectivity index (χ0n) is 24.5. The topological polar surface area (TPSA) is 114 Å². The lowest BCUT2D eigenvalue weighted by molar-refractivity contribution is 0.0318. The number of nitrogens with one attached hydrogen (secondary N) is 2. The van der Waals surface area contributed by atoms with Gasteiger partial charge in [0, 0.05) is 19.1 Å². The van der Waals surface area contributed by atoms with E-state index in [1.807, 2.05) is 48.5 Å². The van der Waals surface area contributed by atoms with Crippen molar-refractivity contribution in [3.8, 4) is 0 Å². The van der Waals surface area contributed by atoms with Crippen LogP contribution in [0.3, 0.4) is 0 Å². The molecule has 4 amide bonds. The van der Waals surface area contributed by atoms with E-state index in [9.17, 15) is 19.2 Å². The summed E-state index contributed by atoms with van der Waals surface area (Å²) in [4.78, 5) is 52.7. The third-order valence-electron chi connectivity index (χ3n) is 7.44. The summed E-state index contributed by atoms with van der Waals surface area (Å²) in [6.45, 7) is 13.5. The lowest BCUT2D eigenvalue weighted by Gasteiger charge is -2.46. The number of hydrogen-bond donors (Lipinski definition) is 2. The number of nitrogens with zero attached hydrogens (tertiary/aromatic N) is 1. The van der Waals surface area contributed by atoms with Crippen molar-refractivity contribution >= 4 is 24.0 Å². The lowest BCUT2D eigenvalue weighted by Crippen LogP contribution is -2.50. The summed E-state index contributed by atoms with van der Waals surface area (Å²) in [6.07, 6.45) is 4.11. The molecule has 1 aliphatic carbocycles. The number of ether oxygens (including phenoxy) is 2. The van der Waals surface area contributed by atoms with Crippen molar-refractivity contribution in [3.05, 3.63) is 35.4 Å². The molecule has 1 saturated carbocycles. The third-order valence-corrected chi connectivity index (χ3v) is 7.44. The Kier molecular flexibility index (Phi) is 9.34. The summed E-state index contributed by atoms with van der Waals surface area (Å²) < 4.78 is 10.9. The first kappa shape index (κ1) is 30.4. The van der Waals surface area contributed by atoms with Crippen LogP contribution in [-0.2, 0) is 9.47 Å². The van der Waals surface area contributed by atoms with Gasteiger partial charge in [0.1, 0.15) is 11.2 Å². The normalized spacial score (nSPS) is 18.1. The molecule has 0 bridgehead atoms. The monoisotopic (exact) mass is 543 g/mol. The zero-order chi connectivity index (χ0) is 29.0. The fourth-order valence-corrected chi connectivity index (χ4v) is 5.52.